The second-order valence-corrected chi connectivity index (χ2v) is 4.99. The monoisotopic (exact) mass is 266 g/mol. The molecule has 0 amide bonds. The number of carbonyl (C=O) groups excluding carboxylic acids is 1. The van der Waals surface area contributed by atoms with Gasteiger partial charge in [-0.3, -0.25) is 4.52 Å². The fourth-order valence-electron chi connectivity index (χ4n) is 1.18. The van der Waals surface area contributed by atoms with Gasteiger partial charge < -0.3 is 14.5 Å². The van der Waals surface area contributed by atoms with Gasteiger partial charge in [-0.2, -0.15) is 0 Å². The van der Waals surface area contributed by atoms with Crippen molar-refractivity contribution < 1.29 is 28.4 Å². The summed E-state index contributed by atoms with van der Waals surface area (Å²) in [5, 5.41) is 0. The van der Waals surface area contributed by atoms with Gasteiger partial charge in [0.15, 0.2) is 0 Å². The Morgan fingerprint density at radius 2 is 1.82 bits per heavy atom. The van der Waals surface area contributed by atoms with E-state index in [1.165, 1.54) is 6.92 Å². The summed E-state index contributed by atoms with van der Waals surface area (Å²) in [6.07, 6.45) is 0.635. The Morgan fingerprint density at radius 1 is 1.35 bits per heavy atom. The number of esters is 1. The molecule has 17 heavy (non-hydrogen) atoms. The van der Waals surface area contributed by atoms with E-state index in [-0.39, 0.29) is 12.2 Å². The minimum Gasteiger partial charge on any atom is -0.459 e. The van der Waals surface area contributed by atoms with E-state index in [1.807, 2.05) is 0 Å². The van der Waals surface area contributed by atoms with E-state index in [1.54, 1.807) is 13.8 Å². The highest BCUT2D eigenvalue weighted by atomic mass is 31.2. The maximum Gasteiger partial charge on any atom is 0.470 e. The lowest BCUT2D eigenvalue weighted by molar-refractivity contribution is -0.146. The molecular weight excluding hydrogens is 247 g/mol. The largest absolute Gasteiger partial charge is 0.470 e. The molecule has 0 aliphatic heterocycles. The molecule has 0 fully saturated rings. The first kappa shape index (κ1) is 16.3. The van der Waals surface area contributed by atoms with Crippen molar-refractivity contribution in [2.75, 3.05) is 6.61 Å². The van der Waals surface area contributed by atoms with Gasteiger partial charge in [-0.25, -0.2) is 9.36 Å². The molecule has 0 bridgehead atoms. The molecule has 0 heterocycles. The molecule has 0 aliphatic carbocycles. The molecule has 0 aromatic rings. The Bertz CT molecular complexity index is 328. The molecule has 0 aromatic carbocycles. The van der Waals surface area contributed by atoms with E-state index in [2.05, 4.69) is 6.58 Å². The highest BCUT2D eigenvalue weighted by Crippen LogP contribution is 2.44. The first-order chi connectivity index (χ1) is 7.66. The lowest BCUT2D eigenvalue weighted by atomic mass is 9.99. The molecule has 7 heteroatoms. The highest BCUT2D eigenvalue weighted by Gasteiger charge is 2.36. The summed E-state index contributed by atoms with van der Waals surface area (Å²) in [6, 6.07) is 0. The third-order valence-electron chi connectivity index (χ3n) is 2.42. The van der Waals surface area contributed by atoms with Crippen molar-refractivity contribution in [2.24, 2.45) is 0 Å². The normalized spacial score (nSPS) is 12.3. The van der Waals surface area contributed by atoms with Gasteiger partial charge in [0.05, 0.1) is 0 Å². The van der Waals surface area contributed by atoms with Crippen LogP contribution < -0.4 is 0 Å². The lowest BCUT2D eigenvalue weighted by Gasteiger charge is -2.30. The van der Waals surface area contributed by atoms with Crippen LogP contribution in [0.3, 0.4) is 0 Å². The maximum atomic E-state index is 11.2. The molecule has 0 rings (SSSR count). The Labute approximate surface area is 101 Å². The summed E-state index contributed by atoms with van der Waals surface area (Å²) in [7, 11) is -4.62. The number of hydrogen-bond donors (Lipinski definition) is 2. The van der Waals surface area contributed by atoms with Crippen LogP contribution in [0.1, 0.15) is 33.6 Å². The molecule has 0 saturated carbocycles. The molecule has 0 aliphatic rings. The van der Waals surface area contributed by atoms with Crippen molar-refractivity contribution in [1.82, 2.24) is 0 Å². The zero-order valence-corrected chi connectivity index (χ0v) is 11.2. The number of phosphoric acid groups is 1. The van der Waals surface area contributed by atoms with Crippen LogP contribution in [0.4, 0.5) is 0 Å². The predicted octanol–water partition coefficient (Wildman–Crippen LogP) is 1.77. The van der Waals surface area contributed by atoms with Crippen LogP contribution in [0.25, 0.3) is 0 Å². The quantitative estimate of drug-likeness (QED) is 0.414. The number of hydrogen-bond acceptors (Lipinski definition) is 4. The van der Waals surface area contributed by atoms with Gasteiger partial charge in [-0.15, -0.1) is 0 Å². The summed E-state index contributed by atoms with van der Waals surface area (Å²) >= 11 is 0. The van der Waals surface area contributed by atoms with Gasteiger partial charge >= 0.3 is 13.8 Å². The zero-order valence-electron chi connectivity index (χ0n) is 10.3. The summed E-state index contributed by atoms with van der Waals surface area (Å²) in [4.78, 5) is 28.9. The minimum absolute atomic E-state index is 0.212. The lowest BCUT2D eigenvalue weighted by Crippen LogP contribution is -2.36. The fraction of sp³-hybridized carbons (Fsp3) is 0.700. The summed E-state index contributed by atoms with van der Waals surface area (Å²) in [5.74, 6) is -0.606. The maximum absolute atomic E-state index is 11.2. The molecule has 2 N–H and O–H groups in total. The molecular formula is C10H19O6P. The van der Waals surface area contributed by atoms with Crippen molar-refractivity contribution in [3.8, 4) is 0 Å². The van der Waals surface area contributed by atoms with Crippen molar-refractivity contribution in [2.45, 2.75) is 39.2 Å². The van der Waals surface area contributed by atoms with Crippen LogP contribution in [-0.2, 0) is 18.6 Å². The Hall–Kier alpha value is -0.680. The van der Waals surface area contributed by atoms with E-state index >= 15 is 0 Å². The van der Waals surface area contributed by atoms with Crippen molar-refractivity contribution in [1.29, 1.82) is 0 Å². The van der Waals surface area contributed by atoms with E-state index in [9.17, 15) is 9.36 Å². The molecule has 0 radical (unpaired) electrons. The standard InChI is InChI=1S/C10H19O6P/c1-5-10(6-2,16-17(12,13)14)7-15-9(11)8(3)4/h3,5-7H2,1-2,4H3,(H2,12,13,14). The Balaban J connectivity index is 4.68. The van der Waals surface area contributed by atoms with Gasteiger partial charge in [-0.1, -0.05) is 20.4 Å². The van der Waals surface area contributed by atoms with Crippen molar-refractivity contribution in [3.63, 3.8) is 0 Å². The minimum atomic E-state index is -4.62. The van der Waals surface area contributed by atoms with Crippen LogP contribution in [0.2, 0.25) is 0 Å². The molecule has 0 unspecified atom stereocenters. The van der Waals surface area contributed by atoms with Gasteiger partial charge in [0.1, 0.15) is 12.2 Å². The number of phosphoric ester groups is 1. The van der Waals surface area contributed by atoms with Crippen LogP contribution in [0.15, 0.2) is 12.2 Å². The Kier molecular flexibility index (Phi) is 6.05. The molecule has 6 nitrogen and oxygen atoms in total. The molecule has 100 valence electrons. The summed E-state index contributed by atoms with van der Waals surface area (Å²) in [5.41, 5.74) is -0.938. The topological polar surface area (TPSA) is 93.1 Å². The molecule has 0 saturated heterocycles. The Morgan fingerprint density at radius 3 is 2.12 bits per heavy atom. The highest BCUT2D eigenvalue weighted by molar-refractivity contribution is 7.46. The number of ether oxygens (including phenoxy) is 1. The fourth-order valence-corrected chi connectivity index (χ4v) is 2.00. The first-order valence-electron chi connectivity index (χ1n) is 5.24. The van der Waals surface area contributed by atoms with Crippen LogP contribution in [0.5, 0.6) is 0 Å². The molecule has 0 atom stereocenters. The van der Waals surface area contributed by atoms with Crippen LogP contribution >= 0.6 is 7.82 Å². The third-order valence-corrected chi connectivity index (χ3v) is 3.04. The average molecular weight is 266 g/mol. The van der Waals surface area contributed by atoms with E-state index in [0.717, 1.165) is 0 Å². The van der Waals surface area contributed by atoms with Gasteiger partial charge in [-0.05, 0) is 19.8 Å². The number of carbonyl (C=O) groups is 1. The first-order valence-corrected chi connectivity index (χ1v) is 6.77. The van der Waals surface area contributed by atoms with E-state index < -0.39 is 19.4 Å². The second kappa shape index (κ2) is 6.31. The summed E-state index contributed by atoms with van der Waals surface area (Å²) < 4.78 is 20.5. The van der Waals surface area contributed by atoms with E-state index in [4.69, 9.17) is 19.0 Å². The smallest absolute Gasteiger partial charge is 0.459 e. The molecule has 0 spiro atoms. The van der Waals surface area contributed by atoms with Gasteiger partial charge in [0.25, 0.3) is 0 Å². The zero-order chi connectivity index (χ0) is 13.7. The van der Waals surface area contributed by atoms with E-state index in [0.29, 0.717) is 12.8 Å². The second-order valence-electron chi connectivity index (χ2n) is 3.83. The summed E-state index contributed by atoms with van der Waals surface area (Å²) in [6.45, 7) is 8.10. The third kappa shape index (κ3) is 5.98. The predicted molar refractivity (Wildman–Crippen MR) is 62.2 cm³/mol. The molecule has 0 aromatic heterocycles. The van der Waals surface area contributed by atoms with Crippen LogP contribution in [0, 0.1) is 0 Å². The van der Waals surface area contributed by atoms with Crippen LogP contribution in [-0.4, -0.2) is 28.0 Å². The SMILES string of the molecule is C=C(C)C(=O)OCC(CC)(CC)OP(=O)(O)O. The van der Waals surface area contributed by atoms with Gasteiger partial charge in [0, 0.05) is 5.57 Å². The average Bonchev–Trinajstić information content (AvgIpc) is 2.22. The van der Waals surface area contributed by atoms with Crippen molar-refractivity contribution in [3.05, 3.63) is 12.2 Å². The van der Waals surface area contributed by atoms with Crippen molar-refractivity contribution >= 4 is 13.8 Å². The number of rotatable bonds is 7. The van der Waals surface area contributed by atoms with Gasteiger partial charge in [0.2, 0.25) is 0 Å².